The van der Waals surface area contributed by atoms with E-state index in [4.69, 9.17) is 0 Å². The third-order valence-corrected chi connectivity index (χ3v) is 2.95. The van der Waals surface area contributed by atoms with Crippen LogP contribution in [0.3, 0.4) is 0 Å². The number of hydrogen-bond acceptors (Lipinski definition) is 0. The highest BCUT2D eigenvalue weighted by Crippen LogP contribution is 2.21. The van der Waals surface area contributed by atoms with Crippen molar-refractivity contribution in [3.63, 3.8) is 0 Å². The maximum atomic E-state index is 4.12. The Balaban J connectivity index is 3.11. The van der Waals surface area contributed by atoms with Gasteiger partial charge >= 0.3 is 0 Å². The van der Waals surface area contributed by atoms with Crippen LogP contribution in [-0.2, 0) is 0 Å². The summed E-state index contributed by atoms with van der Waals surface area (Å²) in [7, 11) is 5.52. The molecule has 0 saturated heterocycles. The SMILES string of the molecule is C=C(c1cc(C)ccc1C)N(C)C(C)=P. The quantitative estimate of drug-likeness (QED) is 0.703. The molecule has 1 aromatic rings. The molecule has 0 aliphatic carbocycles. The molecule has 80 valence electrons. The van der Waals surface area contributed by atoms with Crippen molar-refractivity contribution in [2.75, 3.05) is 7.05 Å². The van der Waals surface area contributed by atoms with Crippen LogP contribution in [0.25, 0.3) is 5.70 Å². The van der Waals surface area contributed by atoms with Crippen LogP contribution in [0.15, 0.2) is 24.8 Å². The van der Waals surface area contributed by atoms with Crippen molar-refractivity contribution in [2.45, 2.75) is 20.8 Å². The summed E-state index contributed by atoms with van der Waals surface area (Å²) in [6.07, 6.45) is 0. The molecule has 1 rings (SSSR count). The fourth-order valence-corrected chi connectivity index (χ4v) is 1.56. The van der Waals surface area contributed by atoms with Crippen LogP contribution in [0.1, 0.15) is 23.6 Å². The lowest BCUT2D eigenvalue weighted by Crippen LogP contribution is -2.20. The van der Waals surface area contributed by atoms with Crippen LogP contribution in [-0.4, -0.2) is 17.4 Å². The van der Waals surface area contributed by atoms with Crippen LogP contribution in [0.2, 0.25) is 0 Å². The van der Waals surface area contributed by atoms with E-state index >= 15 is 0 Å². The van der Waals surface area contributed by atoms with E-state index in [-0.39, 0.29) is 0 Å². The fraction of sp³-hybridized carbons (Fsp3) is 0.308. The van der Waals surface area contributed by atoms with Crippen molar-refractivity contribution in [1.29, 1.82) is 0 Å². The minimum Gasteiger partial charge on any atom is -0.345 e. The Morgan fingerprint density at radius 3 is 2.47 bits per heavy atom. The number of benzene rings is 1. The van der Waals surface area contributed by atoms with Gasteiger partial charge in [0, 0.05) is 23.7 Å². The average Bonchev–Trinajstić information content (AvgIpc) is 2.19. The molecule has 0 amide bonds. The Kier molecular flexibility index (Phi) is 3.71. The average molecular weight is 219 g/mol. The highest BCUT2D eigenvalue weighted by molar-refractivity contribution is 7.20. The van der Waals surface area contributed by atoms with Crippen LogP contribution in [0.4, 0.5) is 0 Å². The fourth-order valence-electron chi connectivity index (χ4n) is 1.43. The molecule has 0 radical (unpaired) electrons. The summed E-state index contributed by atoms with van der Waals surface area (Å²) < 4.78 is 0. The highest BCUT2D eigenvalue weighted by Gasteiger charge is 2.08. The zero-order valence-corrected chi connectivity index (χ0v) is 10.9. The highest BCUT2D eigenvalue weighted by atomic mass is 31.0. The van der Waals surface area contributed by atoms with Crippen LogP contribution in [0, 0.1) is 13.8 Å². The molecule has 15 heavy (non-hydrogen) atoms. The standard InChI is InChI=1S/C13H18NP/c1-9-6-7-10(2)13(8-9)11(3)14(5)12(4)15/h6-8,15H,3H2,1-2,4-5H3. The second-order valence-electron chi connectivity index (χ2n) is 3.91. The van der Waals surface area contributed by atoms with E-state index in [2.05, 4.69) is 47.5 Å². The summed E-state index contributed by atoms with van der Waals surface area (Å²) >= 11 is 0. The third-order valence-electron chi connectivity index (χ3n) is 2.61. The number of rotatable bonds is 3. The molecule has 0 fully saturated rings. The van der Waals surface area contributed by atoms with E-state index in [1.807, 2.05) is 18.9 Å². The molecule has 0 spiro atoms. The van der Waals surface area contributed by atoms with E-state index in [0.717, 1.165) is 11.1 Å². The molecular formula is C13H18NP. The van der Waals surface area contributed by atoms with Crippen molar-refractivity contribution >= 4 is 20.0 Å². The summed E-state index contributed by atoms with van der Waals surface area (Å²) in [5, 5.41) is 0. The number of nitrogens with zero attached hydrogens (tertiary/aromatic N) is 1. The monoisotopic (exact) mass is 219 g/mol. The topological polar surface area (TPSA) is 3.24 Å². The van der Waals surface area contributed by atoms with Gasteiger partial charge in [0.25, 0.3) is 0 Å². The Bertz CT molecular complexity index is 407. The number of aryl methyl sites for hydroxylation is 2. The van der Waals surface area contributed by atoms with Crippen molar-refractivity contribution < 1.29 is 0 Å². The molecule has 0 unspecified atom stereocenters. The van der Waals surface area contributed by atoms with Crippen molar-refractivity contribution in [1.82, 2.24) is 4.90 Å². The van der Waals surface area contributed by atoms with E-state index in [9.17, 15) is 0 Å². The zero-order valence-electron chi connectivity index (χ0n) is 9.89. The summed E-state index contributed by atoms with van der Waals surface area (Å²) in [4.78, 5) is 2.04. The molecule has 0 aliphatic rings. The summed E-state index contributed by atoms with van der Waals surface area (Å²) in [6, 6.07) is 6.42. The first-order valence-corrected chi connectivity index (χ1v) is 5.49. The van der Waals surface area contributed by atoms with Gasteiger partial charge in [-0.15, -0.1) is 8.86 Å². The van der Waals surface area contributed by atoms with Gasteiger partial charge in [0.1, 0.15) is 0 Å². The lowest BCUT2D eigenvalue weighted by molar-refractivity contribution is 0.729. The Morgan fingerprint density at radius 2 is 1.93 bits per heavy atom. The first-order chi connectivity index (χ1) is 6.93. The van der Waals surface area contributed by atoms with Crippen molar-refractivity contribution in [2.24, 2.45) is 0 Å². The molecule has 0 atom stereocenters. The summed E-state index contributed by atoms with van der Waals surface area (Å²) in [5.41, 5.74) is 5.79. The van der Waals surface area contributed by atoms with Gasteiger partial charge in [-0.1, -0.05) is 24.3 Å². The van der Waals surface area contributed by atoms with Crippen LogP contribution in [0.5, 0.6) is 0 Å². The minimum atomic E-state index is 1.02. The first-order valence-electron chi connectivity index (χ1n) is 4.99. The van der Waals surface area contributed by atoms with Gasteiger partial charge in [0.15, 0.2) is 0 Å². The van der Waals surface area contributed by atoms with Gasteiger partial charge in [-0.3, -0.25) is 0 Å². The van der Waals surface area contributed by atoms with Gasteiger partial charge < -0.3 is 4.90 Å². The van der Waals surface area contributed by atoms with Crippen molar-refractivity contribution in [3.8, 4) is 0 Å². The third kappa shape index (κ3) is 2.70. The molecule has 0 aromatic heterocycles. The van der Waals surface area contributed by atoms with Gasteiger partial charge in [0.05, 0.1) is 0 Å². The van der Waals surface area contributed by atoms with Gasteiger partial charge in [-0.2, -0.15) is 0 Å². The second kappa shape index (κ2) is 4.63. The van der Waals surface area contributed by atoms with E-state index in [1.165, 1.54) is 16.7 Å². The maximum absolute atomic E-state index is 4.12. The molecule has 1 aromatic carbocycles. The lowest BCUT2D eigenvalue weighted by atomic mass is 10.0. The van der Waals surface area contributed by atoms with E-state index < -0.39 is 0 Å². The smallest absolute Gasteiger partial charge is 0.0411 e. The van der Waals surface area contributed by atoms with E-state index in [0.29, 0.717) is 0 Å². The normalized spacial score (nSPS) is 9.87. The molecule has 2 heteroatoms. The first kappa shape index (κ1) is 12.0. The summed E-state index contributed by atoms with van der Waals surface area (Å²) in [5.74, 6) is 0. The Hall–Kier alpha value is -1.07. The molecule has 0 saturated carbocycles. The van der Waals surface area contributed by atoms with Crippen molar-refractivity contribution in [3.05, 3.63) is 41.5 Å². The lowest BCUT2D eigenvalue weighted by Gasteiger charge is -2.22. The summed E-state index contributed by atoms with van der Waals surface area (Å²) in [6.45, 7) is 10.3. The molecule has 0 N–H and O–H groups in total. The second-order valence-corrected chi connectivity index (χ2v) is 4.63. The van der Waals surface area contributed by atoms with Crippen LogP contribution >= 0.6 is 8.86 Å². The largest absolute Gasteiger partial charge is 0.345 e. The van der Waals surface area contributed by atoms with Gasteiger partial charge in [-0.05, 0) is 32.4 Å². The molecule has 0 aliphatic heterocycles. The zero-order chi connectivity index (χ0) is 11.6. The maximum Gasteiger partial charge on any atom is 0.0411 e. The van der Waals surface area contributed by atoms with Crippen LogP contribution < -0.4 is 0 Å². The van der Waals surface area contributed by atoms with E-state index in [1.54, 1.807) is 0 Å². The molecule has 0 bridgehead atoms. The minimum absolute atomic E-state index is 1.02. The Morgan fingerprint density at radius 1 is 1.33 bits per heavy atom. The van der Waals surface area contributed by atoms with Gasteiger partial charge in [-0.25, -0.2) is 0 Å². The predicted molar refractivity (Wildman–Crippen MR) is 71.7 cm³/mol. The van der Waals surface area contributed by atoms with Gasteiger partial charge in [0.2, 0.25) is 0 Å². The Labute approximate surface area is 94.6 Å². The molecular weight excluding hydrogens is 201 g/mol. The predicted octanol–water partition coefficient (Wildman–Crippen LogP) is 3.50. The number of hydrogen-bond donors (Lipinski definition) is 0. The molecule has 0 heterocycles. The molecule has 1 nitrogen and oxygen atoms in total.